The van der Waals surface area contributed by atoms with Crippen molar-refractivity contribution in [3.05, 3.63) is 48.6 Å². The summed E-state index contributed by atoms with van der Waals surface area (Å²) in [5.41, 5.74) is 0. The molecule has 1 saturated heterocycles. The zero-order valence-electron chi connectivity index (χ0n) is 42.0. The lowest BCUT2D eigenvalue weighted by molar-refractivity contribution is -0.305. The second-order valence-corrected chi connectivity index (χ2v) is 18.7. The number of aliphatic hydroxyl groups is 4. The van der Waals surface area contributed by atoms with E-state index in [4.69, 9.17) is 18.9 Å². The van der Waals surface area contributed by atoms with E-state index >= 15 is 0 Å². The first-order chi connectivity index (χ1) is 31.9. The fraction of sp³-hybridized carbons (Fsp3) is 0.839. The van der Waals surface area contributed by atoms with Gasteiger partial charge in [-0.05, 0) is 51.4 Å². The molecule has 1 fully saturated rings. The Kier molecular flexibility index (Phi) is 44.4. The van der Waals surface area contributed by atoms with Gasteiger partial charge in [-0.25, -0.2) is 0 Å². The summed E-state index contributed by atoms with van der Waals surface area (Å²) in [6.45, 7) is 4.48. The van der Waals surface area contributed by atoms with E-state index in [0.717, 1.165) is 57.8 Å². The quantitative estimate of drug-likeness (QED) is 0.0267. The molecule has 1 heterocycles. The third kappa shape index (κ3) is 37.8. The van der Waals surface area contributed by atoms with Crippen molar-refractivity contribution in [2.24, 2.45) is 0 Å². The Labute approximate surface area is 399 Å². The molecule has 9 nitrogen and oxygen atoms in total. The van der Waals surface area contributed by atoms with Crippen LogP contribution < -0.4 is 0 Å². The largest absolute Gasteiger partial charge is 0.457 e. The number of hydrogen-bond acceptors (Lipinski definition) is 9. The molecule has 0 aliphatic carbocycles. The van der Waals surface area contributed by atoms with Gasteiger partial charge < -0.3 is 39.4 Å². The van der Waals surface area contributed by atoms with Crippen molar-refractivity contribution in [2.45, 2.75) is 275 Å². The predicted molar refractivity (Wildman–Crippen MR) is 270 cm³/mol. The summed E-state index contributed by atoms with van der Waals surface area (Å²) in [6, 6.07) is 0. The van der Waals surface area contributed by atoms with Gasteiger partial charge in [0.1, 0.15) is 30.5 Å². The Hall–Kier alpha value is -1.85. The normalized spacial score (nSPS) is 19.8. The Morgan fingerprint density at radius 3 is 1.42 bits per heavy atom. The fourth-order valence-electron chi connectivity index (χ4n) is 8.31. The number of aliphatic hydroxyl groups excluding tert-OH is 4. The molecule has 0 radical (unpaired) electrons. The van der Waals surface area contributed by atoms with Crippen molar-refractivity contribution in [1.82, 2.24) is 0 Å². The molecule has 6 unspecified atom stereocenters. The van der Waals surface area contributed by atoms with E-state index < -0.39 is 43.4 Å². The van der Waals surface area contributed by atoms with Crippen LogP contribution in [0.2, 0.25) is 0 Å². The van der Waals surface area contributed by atoms with E-state index in [-0.39, 0.29) is 19.2 Å². The van der Waals surface area contributed by atoms with Crippen LogP contribution in [-0.4, -0.2) is 89.6 Å². The first-order valence-electron chi connectivity index (χ1n) is 27.2. The number of carbonyl (C=O) groups is 1. The van der Waals surface area contributed by atoms with Crippen LogP contribution >= 0.6 is 0 Å². The van der Waals surface area contributed by atoms with E-state index in [1.165, 1.54) is 161 Å². The highest BCUT2D eigenvalue weighted by Crippen LogP contribution is 2.23. The van der Waals surface area contributed by atoms with Gasteiger partial charge in [-0.1, -0.05) is 229 Å². The Balaban J connectivity index is 2.17. The maximum Gasteiger partial charge on any atom is 0.306 e. The summed E-state index contributed by atoms with van der Waals surface area (Å²) in [6.07, 6.45) is 52.9. The molecule has 9 heteroatoms. The van der Waals surface area contributed by atoms with Gasteiger partial charge >= 0.3 is 5.97 Å². The fourth-order valence-corrected chi connectivity index (χ4v) is 8.31. The van der Waals surface area contributed by atoms with Crippen molar-refractivity contribution in [3.8, 4) is 0 Å². The van der Waals surface area contributed by atoms with Gasteiger partial charge in [-0.3, -0.25) is 4.79 Å². The summed E-state index contributed by atoms with van der Waals surface area (Å²) in [4.78, 5) is 12.9. The zero-order valence-corrected chi connectivity index (χ0v) is 42.0. The third-order valence-electron chi connectivity index (χ3n) is 12.5. The van der Waals surface area contributed by atoms with Crippen LogP contribution in [0.3, 0.4) is 0 Å². The van der Waals surface area contributed by atoms with E-state index in [1.807, 2.05) is 0 Å². The van der Waals surface area contributed by atoms with Crippen LogP contribution in [0.1, 0.15) is 239 Å². The molecule has 0 amide bonds. The Morgan fingerprint density at radius 1 is 0.508 bits per heavy atom. The molecule has 0 aromatic heterocycles. The summed E-state index contributed by atoms with van der Waals surface area (Å²) >= 11 is 0. The Bertz CT molecular complexity index is 1140. The van der Waals surface area contributed by atoms with E-state index in [2.05, 4.69) is 62.5 Å². The molecule has 65 heavy (non-hydrogen) atoms. The summed E-state index contributed by atoms with van der Waals surface area (Å²) in [5.74, 6) is -0.315. The van der Waals surface area contributed by atoms with E-state index in [1.54, 1.807) is 0 Å². The topological polar surface area (TPSA) is 135 Å². The number of unbranched alkanes of at least 4 members (excludes halogenated alkanes) is 28. The van der Waals surface area contributed by atoms with Gasteiger partial charge in [0.15, 0.2) is 6.29 Å². The van der Waals surface area contributed by atoms with Gasteiger partial charge in [0.2, 0.25) is 0 Å². The molecule has 1 aliphatic rings. The molecule has 0 aromatic carbocycles. The maximum atomic E-state index is 12.9. The molecule has 4 N–H and O–H groups in total. The second-order valence-electron chi connectivity index (χ2n) is 18.7. The molecule has 1 aliphatic heterocycles. The SMILES string of the molecule is CC/C=C\C/C=C\C/C=C\C/C=C\CCCCCCCCCCCCC(=O)OC(COCCCCCCCCCCCCCCCCCCCCC)COC1OC(CO)C(O)C(O)C1O. The number of esters is 1. The Morgan fingerprint density at radius 2 is 0.938 bits per heavy atom. The summed E-state index contributed by atoms with van der Waals surface area (Å²) in [5, 5.41) is 40.3. The summed E-state index contributed by atoms with van der Waals surface area (Å²) < 4.78 is 22.9. The highest BCUT2D eigenvalue weighted by atomic mass is 16.7. The van der Waals surface area contributed by atoms with E-state index in [9.17, 15) is 25.2 Å². The minimum absolute atomic E-state index is 0.113. The molecular weight excluding hydrogens is 817 g/mol. The van der Waals surface area contributed by atoms with Crippen LogP contribution in [0.25, 0.3) is 0 Å². The smallest absolute Gasteiger partial charge is 0.306 e. The highest BCUT2D eigenvalue weighted by Gasteiger charge is 2.44. The lowest BCUT2D eigenvalue weighted by Crippen LogP contribution is -2.59. The van der Waals surface area contributed by atoms with Gasteiger partial charge in [0.25, 0.3) is 0 Å². The average molecular weight is 919 g/mol. The number of allylic oxidation sites excluding steroid dienone is 8. The molecule has 0 aromatic rings. The third-order valence-corrected chi connectivity index (χ3v) is 12.5. The van der Waals surface area contributed by atoms with Crippen LogP contribution in [0.15, 0.2) is 48.6 Å². The minimum atomic E-state index is -1.54. The molecule has 0 bridgehead atoms. The van der Waals surface area contributed by atoms with E-state index in [0.29, 0.717) is 13.0 Å². The van der Waals surface area contributed by atoms with Crippen LogP contribution in [0, 0.1) is 0 Å². The number of hydrogen-bond donors (Lipinski definition) is 4. The van der Waals surface area contributed by atoms with Crippen LogP contribution in [-0.2, 0) is 23.7 Å². The van der Waals surface area contributed by atoms with Crippen molar-refractivity contribution in [1.29, 1.82) is 0 Å². The van der Waals surface area contributed by atoms with Crippen LogP contribution in [0.5, 0.6) is 0 Å². The highest BCUT2D eigenvalue weighted by molar-refractivity contribution is 5.69. The number of ether oxygens (including phenoxy) is 4. The molecule has 6 atom stereocenters. The van der Waals surface area contributed by atoms with Crippen molar-refractivity contribution >= 4 is 5.97 Å². The number of rotatable bonds is 47. The molecular formula is C56H102O9. The standard InChI is InChI=1S/C56H102O9/c1-3-5-7-9-11-13-15-17-19-21-23-24-25-26-27-29-31-33-35-37-39-41-43-45-52(58)64-50(49-63-56-55(61)54(60)53(59)51(47-57)65-56)48-62-46-44-42-40-38-36-34-32-30-28-22-20-18-16-14-12-10-8-6-4-2/h5,7,11,13,17,19,23-24,50-51,53-57,59-61H,3-4,6,8-10,12,14-16,18,20-22,25-49H2,1-2H3/b7-5-,13-11-,19-17-,24-23-. The second kappa shape index (κ2) is 47.2. The first-order valence-corrected chi connectivity index (χ1v) is 27.2. The van der Waals surface area contributed by atoms with Gasteiger partial charge in [0, 0.05) is 13.0 Å². The van der Waals surface area contributed by atoms with Crippen LogP contribution in [0.4, 0.5) is 0 Å². The van der Waals surface area contributed by atoms with Gasteiger partial charge in [-0.2, -0.15) is 0 Å². The number of carbonyl (C=O) groups excluding carboxylic acids is 1. The molecule has 1 rings (SSSR count). The maximum absolute atomic E-state index is 12.9. The monoisotopic (exact) mass is 919 g/mol. The molecule has 0 saturated carbocycles. The predicted octanol–water partition coefficient (Wildman–Crippen LogP) is 13.6. The van der Waals surface area contributed by atoms with Crippen molar-refractivity contribution in [2.75, 3.05) is 26.4 Å². The zero-order chi connectivity index (χ0) is 47.1. The average Bonchev–Trinajstić information content (AvgIpc) is 3.31. The minimum Gasteiger partial charge on any atom is -0.457 e. The lowest BCUT2D eigenvalue weighted by Gasteiger charge is -2.39. The van der Waals surface area contributed by atoms with Gasteiger partial charge in [0.05, 0.1) is 19.8 Å². The molecule has 380 valence electrons. The van der Waals surface area contributed by atoms with Crippen molar-refractivity contribution < 1.29 is 44.2 Å². The molecule has 0 spiro atoms. The lowest BCUT2D eigenvalue weighted by atomic mass is 9.99. The van der Waals surface area contributed by atoms with Gasteiger partial charge in [-0.15, -0.1) is 0 Å². The van der Waals surface area contributed by atoms with Crippen molar-refractivity contribution in [3.63, 3.8) is 0 Å². The first kappa shape index (κ1) is 61.2. The summed E-state index contributed by atoms with van der Waals surface area (Å²) in [7, 11) is 0.